The summed E-state index contributed by atoms with van der Waals surface area (Å²) in [5.41, 5.74) is 1.25. The molecule has 0 fully saturated rings. The Morgan fingerprint density at radius 3 is 2.76 bits per heavy atom. The van der Waals surface area contributed by atoms with Gasteiger partial charge >= 0.3 is 0 Å². The Hall–Kier alpha value is -1.13. The van der Waals surface area contributed by atoms with Crippen LogP contribution in [0.25, 0.3) is 0 Å². The zero-order valence-corrected chi connectivity index (χ0v) is 11.3. The molecule has 0 saturated carbocycles. The fraction of sp³-hybridized carbons (Fsp3) is 0.462. The maximum Gasteiger partial charge on any atom is 0.0756 e. The molecule has 0 aromatic carbocycles. The molecule has 2 aromatic heterocycles. The Balaban J connectivity index is 2.04. The number of hydrogen-bond donors (Lipinski definition) is 1. The van der Waals surface area contributed by atoms with E-state index in [1.54, 1.807) is 0 Å². The molecular formula is C13H19N3S. The second kappa shape index (κ2) is 5.98. The minimum absolute atomic E-state index is 0.887. The van der Waals surface area contributed by atoms with Crippen molar-refractivity contribution >= 4 is 11.3 Å². The summed E-state index contributed by atoms with van der Waals surface area (Å²) in [6.07, 6.45) is 3.00. The molecule has 92 valence electrons. The van der Waals surface area contributed by atoms with Crippen molar-refractivity contribution < 1.29 is 0 Å². The van der Waals surface area contributed by atoms with E-state index in [0.29, 0.717) is 0 Å². The highest BCUT2D eigenvalue weighted by molar-refractivity contribution is 7.11. The third-order valence-electron chi connectivity index (χ3n) is 2.73. The van der Waals surface area contributed by atoms with Gasteiger partial charge in [-0.05, 0) is 31.2 Å². The van der Waals surface area contributed by atoms with Crippen molar-refractivity contribution in [1.29, 1.82) is 0 Å². The lowest BCUT2D eigenvalue weighted by Crippen LogP contribution is -2.16. The minimum Gasteiger partial charge on any atom is -0.311 e. The Kier molecular flexibility index (Phi) is 4.34. The Labute approximate surface area is 106 Å². The molecule has 0 aliphatic carbocycles. The van der Waals surface area contributed by atoms with E-state index in [0.717, 1.165) is 26.1 Å². The summed E-state index contributed by atoms with van der Waals surface area (Å²) in [7, 11) is 0. The lowest BCUT2D eigenvalue weighted by atomic mass is 10.3. The lowest BCUT2D eigenvalue weighted by molar-refractivity contribution is 0.609. The molecule has 2 heterocycles. The van der Waals surface area contributed by atoms with Gasteiger partial charge in [0.05, 0.1) is 12.2 Å². The van der Waals surface area contributed by atoms with E-state index in [-0.39, 0.29) is 0 Å². The fourth-order valence-corrected chi connectivity index (χ4v) is 2.69. The first-order valence-electron chi connectivity index (χ1n) is 6.12. The van der Waals surface area contributed by atoms with Crippen molar-refractivity contribution in [3.63, 3.8) is 0 Å². The molecule has 0 amide bonds. The van der Waals surface area contributed by atoms with Crippen LogP contribution in [0.4, 0.5) is 0 Å². The van der Waals surface area contributed by atoms with Gasteiger partial charge in [0.15, 0.2) is 0 Å². The van der Waals surface area contributed by atoms with Crippen molar-refractivity contribution in [2.24, 2.45) is 0 Å². The summed E-state index contributed by atoms with van der Waals surface area (Å²) in [6.45, 7) is 7.08. The molecule has 2 aromatic rings. The minimum atomic E-state index is 0.887. The molecule has 0 unspecified atom stereocenters. The highest BCUT2D eigenvalue weighted by Gasteiger charge is 2.04. The topological polar surface area (TPSA) is 29.9 Å². The van der Waals surface area contributed by atoms with Crippen LogP contribution in [0.5, 0.6) is 0 Å². The van der Waals surface area contributed by atoms with Gasteiger partial charge in [0.1, 0.15) is 0 Å². The van der Waals surface area contributed by atoms with Crippen LogP contribution < -0.4 is 5.32 Å². The van der Waals surface area contributed by atoms with Crippen molar-refractivity contribution in [1.82, 2.24) is 15.1 Å². The quantitative estimate of drug-likeness (QED) is 0.853. The fourth-order valence-electron chi connectivity index (χ4n) is 1.75. The third-order valence-corrected chi connectivity index (χ3v) is 3.95. The molecule has 1 N–H and O–H groups in total. The molecule has 0 atom stereocenters. The average molecular weight is 249 g/mol. The van der Waals surface area contributed by atoms with Crippen LogP contribution in [0.15, 0.2) is 24.4 Å². The predicted octanol–water partition coefficient (Wildman–Crippen LogP) is 2.66. The van der Waals surface area contributed by atoms with E-state index in [1.807, 2.05) is 17.5 Å². The third kappa shape index (κ3) is 3.17. The number of aryl methyl sites for hydroxylation is 1. The summed E-state index contributed by atoms with van der Waals surface area (Å²) >= 11 is 1.88. The number of thiophene rings is 1. The van der Waals surface area contributed by atoms with E-state index in [4.69, 9.17) is 0 Å². The second-order valence-corrected chi connectivity index (χ2v) is 5.23. The van der Waals surface area contributed by atoms with Gasteiger partial charge in [-0.25, -0.2) is 0 Å². The first kappa shape index (κ1) is 12.3. The Morgan fingerprint density at radius 1 is 1.24 bits per heavy atom. The van der Waals surface area contributed by atoms with Crippen molar-refractivity contribution in [3.8, 4) is 0 Å². The van der Waals surface area contributed by atoms with Crippen LogP contribution in [-0.2, 0) is 19.5 Å². The van der Waals surface area contributed by atoms with Gasteiger partial charge in [-0.3, -0.25) is 4.68 Å². The van der Waals surface area contributed by atoms with Crippen molar-refractivity contribution in [3.05, 3.63) is 39.8 Å². The lowest BCUT2D eigenvalue weighted by Gasteiger charge is -2.06. The number of nitrogens with one attached hydrogen (secondary N) is 1. The molecule has 2 rings (SSSR count). The van der Waals surface area contributed by atoms with Gasteiger partial charge < -0.3 is 5.32 Å². The van der Waals surface area contributed by atoms with E-state index < -0.39 is 0 Å². The normalized spacial score (nSPS) is 10.9. The number of aromatic nitrogens is 2. The van der Waals surface area contributed by atoms with Gasteiger partial charge in [-0.2, -0.15) is 5.10 Å². The predicted molar refractivity (Wildman–Crippen MR) is 72.4 cm³/mol. The van der Waals surface area contributed by atoms with Crippen LogP contribution in [0.3, 0.4) is 0 Å². The first-order chi connectivity index (χ1) is 8.33. The monoisotopic (exact) mass is 249 g/mol. The average Bonchev–Trinajstić information content (AvgIpc) is 2.96. The summed E-state index contributed by atoms with van der Waals surface area (Å²) in [4.78, 5) is 2.82. The Morgan fingerprint density at radius 2 is 2.06 bits per heavy atom. The molecule has 17 heavy (non-hydrogen) atoms. The zero-order valence-electron chi connectivity index (χ0n) is 10.4. The smallest absolute Gasteiger partial charge is 0.0756 e. The summed E-state index contributed by atoms with van der Waals surface area (Å²) < 4.78 is 2.08. The molecule has 0 spiro atoms. The van der Waals surface area contributed by atoms with E-state index in [9.17, 15) is 0 Å². The highest BCUT2D eigenvalue weighted by Crippen LogP contribution is 2.18. The first-order valence-corrected chi connectivity index (χ1v) is 6.94. The van der Waals surface area contributed by atoms with Crippen molar-refractivity contribution in [2.75, 3.05) is 6.54 Å². The van der Waals surface area contributed by atoms with Gasteiger partial charge in [0.2, 0.25) is 0 Å². The van der Waals surface area contributed by atoms with Crippen molar-refractivity contribution in [2.45, 2.75) is 33.4 Å². The Bertz CT molecular complexity index is 459. The van der Waals surface area contributed by atoms with Crippen LogP contribution >= 0.6 is 11.3 Å². The van der Waals surface area contributed by atoms with Crippen LogP contribution in [-0.4, -0.2) is 16.3 Å². The van der Waals surface area contributed by atoms with Gasteiger partial charge in [-0.1, -0.05) is 13.8 Å². The van der Waals surface area contributed by atoms with Gasteiger partial charge in [-0.15, -0.1) is 11.3 Å². The molecule has 0 bridgehead atoms. The summed E-state index contributed by atoms with van der Waals surface area (Å²) in [5, 5.41) is 7.72. The summed E-state index contributed by atoms with van der Waals surface area (Å²) in [6, 6.07) is 6.51. The zero-order chi connectivity index (χ0) is 12.1. The van der Waals surface area contributed by atoms with E-state index in [1.165, 1.54) is 15.4 Å². The number of rotatable bonds is 6. The molecule has 4 heteroatoms. The SMILES string of the molecule is CCNCc1ccnn1Cc1ccc(CC)s1. The van der Waals surface area contributed by atoms with Crippen LogP contribution in [0, 0.1) is 0 Å². The standard InChI is InChI=1S/C13H19N3S/c1-3-12-5-6-13(17-12)10-16-11(7-8-15-16)9-14-4-2/h5-8,14H,3-4,9-10H2,1-2H3. The van der Waals surface area contributed by atoms with Gasteiger partial charge in [0, 0.05) is 22.5 Å². The largest absolute Gasteiger partial charge is 0.311 e. The molecule has 0 aliphatic heterocycles. The molecule has 0 aliphatic rings. The number of hydrogen-bond acceptors (Lipinski definition) is 3. The van der Waals surface area contributed by atoms with Crippen LogP contribution in [0.1, 0.15) is 29.3 Å². The number of nitrogens with zero attached hydrogens (tertiary/aromatic N) is 2. The molecular weight excluding hydrogens is 230 g/mol. The maximum atomic E-state index is 4.38. The molecule has 3 nitrogen and oxygen atoms in total. The van der Waals surface area contributed by atoms with Crippen LogP contribution in [0.2, 0.25) is 0 Å². The van der Waals surface area contributed by atoms with Gasteiger partial charge in [0.25, 0.3) is 0 Å². The van der Waals surface area contributed by atoms with E-state index >= 15 is 0 Å². The summed E-state index contributed by atoms with van der Waals surface area (Å²) in [5.74, 6) is 0. The van der Waals surface area contributed by atoms with E-state index in [2.05, 4.69) is 47.1 Å². The maximum absolute atomic E-state index is 4.38. The highest BCUT2D eigenvalue weighted by atomic mass is 32.1. The second-order valence-electron chi connectivity index (χ2n) is 3.98. The molecule has 0 radical (unpaired) electrons. The molecule has 0 saturated heterocycles.